The zero-order chi connectivity index (χ0) is 28.9. The van der Waals surface area contributed by atoms with Gasteiger partial charge in [0.2, 0.25) is 0 Å². The van der Waals surface area contributed by atoms with Crippen molar-refractivity contribution in [3.63, 3.8) is 0 Å². The van der Waals surface area contributed by atoms with E-state index in [0.717, 1.165) is 38.5 Å². The van der Waals surface area contributed by atoms with Crippen molar-refractivity contribution in [3.05, 3.63) is 40.8 Å². The van der Waals surface area contributed by atoms with Crippen molar-refractivity contribution in [2.24, 2.45) is 44.8 Å². The smallest absolute Gasteiger partial charge is 0.178 e. The van der Waals surface area contributed by atoms with Gasteiger partial charge in [-0.25, -0.2) is 0 Å². The Balaban J connectivity index is 1.47. The van der Waals surface area contributed by atoms with E-state index in [0.29, 0.717) is 0 Å². The molecule has 1 N–H and O–H groups in total. The molecule has 4 nitrogen and oxygen atoms in total. The van der Waals surface area contributed by atoms with Crippen LogP contribution in [0.5, 0.6) is 0 Å². The summed E-state index contributed by atoms with van der Waals surface area (Å²) < 4.78 is 5.26. The maximum Gasteiger partial charge on any atom is 0.178 e. The topological polar surface area (TPSA) is 70.0 Å². The molecule has 6 rings (SSSR count). The number of nitriles is 1. The number of rotatable bonds is 3. The molecule has 0 amide bonds. The fourth-order valence-electron chi connectivity index (χ4n) is 10.3. The van der Waals surface area contributed by atoms with Gasteiger partial charge in [0, 0.05) is 22.3 Å². The highest BCUT2D eigenvalue weighted by molar-refractivity contribution is 7.99. The Bertz CT molecular complexity index is 1370. The van der Waals surface area contributed by atoms with Gasteiger partial charge in [0.15, 0.2) is 11.6 Å². The van der Waals surface area contributed by atoms with E-state index in [4.69, 9.17) is 0 Å². The molecule has 0 aromatic carbocycles. The van der Waals surface area contributed by atoms with Crippen molar-refractivity contribution in [1.82, 2.24) is 4.72 Å². The van der Waals surface area contributed by atoms with Gasteiger partial charge < -0.3 is 0 Å². The molecule has 3 saturated carbocycles. The quantitative estimate of drug-likeness (QED) is 0.366. The molecule has 0 saturated heterocycles. The summed E-state index contributed by atoms with van der Waals surface area (Å²) in [6.07, 6.45) is 11.3. The number of fused-ring (bicyclic) bond motifs is 7. The molecule has 6 heteroatoms. The first kappa shape index (κ1) is 28.4. The van der Waals surface area contributed by atoms with Crippen LogP contribution in [-0.2, 0) is 9.59 Å². The lowest BCUT2D eigenvalue weighted by atomic mass is 9.35. The van der Waals surface area contributed by atoms with Gasteiger partial charge in [0.05, 0.1) is 9.78 Å². The van der Waals surface area contributed by atoms with E-state index in [9.17, 15) is 14.9 Å². The number of hydrogen-bond donors (Lipinski definition) is 1. The number of thiophene rings is 1. The normalized spacial score (nSPS) is 43.3. The zero-order valence-electron chi connectivity index (χ0n) is 25.1. The highest BCUT2D eigenvalue weighted by Gasteiger charge is 2.69. The van der Waals surface area contributed by atoms with Crippen molar-refractivity contribution in [3.8, 4) is 6.07 Å². The van der Waals surface area contributed by atoms with E-state index >= 15 is 0 Å². The van der Waals surface area contributed by atoms with Gasteiger partial charge in [-0.2, -0.15) is 5.26 Å². The standard InChI is InChI=1S/C34H44N2O2S2/c1-29(2)12-14-34(36-40-26-9-8-16-39-26)15-13-33(7)27(22(34)19-29)23(37)17-25-31(5)18-21(20-35)28(38)30(3,4)24(31)10-11-32(25,33)6/h8-9,16-18,22,24,27,36H,10-15,19H2,1-7H3. The number of ketones is 2. The van der Waals surface area contributed by atoms with Crippen LogP contribution in [0.1, 0.15) is 93.4 Å². The maximum atomic E-state index is 14.6. The van der Waals surface area contributed by atoms with Crippen LogP contribution >= 0.6 is 23.3 Å². The Morgan fingerprint density at radius 1 is 1.02 bits per heavy atom. The summed E-state index contributed by atoms with van der Waals surface area (Å²) in [7, 11) is 0. The minimum atomic E-state index is -0.629. The van der Waals surface area contributed by atoms with Crippen LogP contribution < -0.4 is 4.72 Å². The molecule has 0 aliphatic heterocycles. The van der Waals surface area contributed by atoms with Crippen molar-refractivity contribution < 1.29 is 9.59 Å². The summed E-state index contributed by atoms with van der Waals surface area (Å²) in [6, 6.07) is 6.50. The molecule has 5 aliphatic carbocycles. The molecular formula is C34H44N2O2S2. The third-order valence-electron chi connectivity index (χ3n) is 12.7. The van der Waals surface area contributed by atoms with Crippen LogP contribution in [0.15, 0.2) is 45.0 Å². The van der Waals surface area contributed by atoms with E-state index in [1.54, 1.807) is 23.3 Å². The second kappa shape index (κ2) is 8.91. The molecule has 0 bridgehead atoms. The molecule has 1 heterocycles. The van der Waals surface area contributed by atoms with Crippen LogP contribution in [0.3, 0.4) is 0 Å². The Hall–Kier alpha value is -1.68. The zero-order valence-corrected chi connectivity index (χ0v) is 26.8. The van der Waals surface area contributed by atoms with Crippen molar-refractivity contribution in [1.29, 1.82) is 5.26 Å². The van der Waals surface area contributed by atoms with Gasteiger partial charge in [-0.05, 0) is 102 Å². The molecule has 0 radical (unpaired) electrons. The maximum absolute atomic E-state index is 14.6. The number of carbonyl (C=O) groups excluding carboxylic acids is 2. The molecule has 1 aromatic rings. The number of carbonyl (C=O) groups is 2. The molecular weight excluding hydrogens is 533 g/mol. The second-order valence-corrected chi connectivity index (χ2v) is 17.6. The minimum Gasteiger partial charge on any atom is -0.295 e. The molecule has 1 aromatic heterocycles. The van der Waals surface area contributed by atoms with E-state index in [1.807, 2.05) is 26.0 Å². The van der Waals surface area contributed by atoms with Crippen LogP contribution in [-0.4, -0.2) is 17.1 Å². The number of nitrogens with one attached hydrogen (secondary N) is 1. The lowest BCUT2D eigenvalue weighted by Crippen LogP contribution is -2.68. The van der Waals surface area contributed by atoms with Crippen LogP contribution in [0.25, 0.3) is 0 Å². The summed E-state index contributed by atoms with van der Waals surface area (Å²) in [5.74, 6) is 0.535. The van der Waals surface area contributed by atoms with Gasteiger partial charge in [0.25, 0.3) is 0 Å². The number of hydrogen-bond acceptors (Lipinski definition) is 6. The molecule has 3 fully saturated rings. The summed E-state index contributed by atoms with van der Waals surface area (Å²) >= 11 is 3.53. The van der Waals surface area contributed by atoms with Crippen molar-refractivity contribution >= 4 is 34.9 Å². The van der Waals surface area contributed by atoms with E-state index in [2.05, 4.69) is 62.9 Å². The average Bonchev–Trinajstić information content (AvgIpc) is 3.41. The first-order valence-corrected chi connectivity index (χ1v) is 16.8. The van der Waals surface area contributed by atoms with E-state index in [-0.39, 0.29) is 56.7 Å². The molecule has 40 heavy (non-hydrogen) atoms. The van der Waals surface area contributed by atoms with Gasteiger partial charge in [-0.15, -0.1) is 11.3 Å². The Morgan fingerprint density at radius 2 is 1.75 bits per heavy atom. The predicted molar refractivity (Wildman–Crippen MR) is 163 cm³/mol. The lowest BCUT2D eigenvalue weighted by molar-refractivity contribution is -0.159. The third-order valence-corrected chi connectivity index (χ3v) is 14.8. The molecule has 5 aliphatic rings. The predicted octanol–water partition coefficient (Wildman–Crippen LogP) is 8.32. The molecule has 7 atom stereocenters. The van der Waals surface area contributed by atoms with Gasteiger partial charge in [-0.3, -0.25) is 14.3 Å². The number of Topliss-reactive ketones (excluding diaryl/α,β-unsaturated/α-hetero) is 1. The average molecular weight is 577 g/mol. The molecule has 7 unspecified atom stereocenters. The van der Waals surface area contributed by atoms with Crippen LogP contribution in [0, 0.1) is 56.2 Å². The van der Waals surface area contributed by atoms with Crippen LogP contribution in [0.2, 0.25) is 0 Å². The van der Waals surface area contributed by atoms with Crippen molar-refractivity contribution in [2.75, 3.05) is 0 Å². The minimum absolute atomic E-state index is 0.0381. The summed E-state index contributed by atoms with van der Waals surface area (Å²) in [4.78, 5) is 27.9. The Kier molecular flexibility index (Phi) is 6.34. The van der Waals surface area contributed by atoms with Gasteiger partial charge in [-0.1, -0.05) is 66.2 Å². The highest BCUT2D eigenvalue weighted by atomic mass is 32.2. The third kappa shape index (κ3) is 3.72. The highest BCUT2D eigenvalue weighted by Crippen LogP contribution is 2.73. The number of nitrogens with zero attached hydrogens (tertiary/aromatic N) is 1. The Labute approximate surface area is 248 Å². The summed E-state index contributed by atoms with van der Waals surface area (Å²) in [6.45, 7) is 15.8. The SMILES string of the molecule is CC1(C)CCC2(NSc3cccs3)CCC3(C)C(C(=O)C=C4C5(C)C=C(C#N)C(=O)C(C)(C)C5CCC43C)C2C1. The monoisotopic (exact) mass is 576 g/mol. The van der Waals surface area contributed by atoms with Gasteiger partial charge >= 0.3 is 0 Å². The van der Waals surface area contributed by atoms with Crippen LogP contribution in [0.4, 0.5) is 0 Å². The number of allylic oxidation sites excluding steroid dienone is 4. The largest absolute Gasteiger partial charge is 0.295 e. The second-order valence-electron chi connectivity index (χ2n) is 15.5. The lowest BCUT2D eigenvalue weighted by Gasteiger charge is -2.69. The first-order chi connectivity index (χ1) is 18.6. The molecule has 214 valence electrons. The summed E-state index contributed by atoms with van der Waals surface area (Å²) in [5.41, 5.74) is 0.137. The summed E-state index contributed by atoms with van der Waals surface area (Å²) in [5, 5.41) is 12.1. The van der Waals surface area contributed by atoms with E-state index in [1.165, 1.54) is 16.2 Å². The van der Waals surface area contributed by atoms with Crippen molar-refractivity contribution in [2.45, 2.75) is 103 Å². The fraction of sp³-hybridized carbons (Fsp3) is 0.676. The van der Waals surface area contributed by atoms with Gasteiger partial charge in [0.1, 0.15) is 6.07 Å². The fourth-order valence-corrected chi connectivity index (χ4v) is 12.0. The van der Waals surface area contributed by atoms with E-state index < -0.39 is 10.8 Å². The molecule has 0 spiro atoms. The first-order valence-electron chi connectivity index (χ1n) is 15.1. The Morgan fingerprint density at radius 3 is 2.42 bits per heavy atom.